The second-order valence-corrected chi connectivity index (χ2v) is 116. The Kier molecular flexibility index (Phi) is 137. The van der Waals surface area contributed by atoms with Gasteiger partial charge in [-0.25, -0.2) is 0 Å². The summed E-state index contributed by atoms with van der Waals surface area (Å²) in [6.45, 7) is 116. The number of nitrogens with zero attached hydrogens (tertiary/aromatic N) is 6. The van der Waals surface area contributed by atoms with Crippen LogP contribution in [0.1, 0.15) is 359 Å². The molecule has 0 fully saturated rings. The van der Waals surface area contributed by atoms with Crippen molar-refractivity contribution in [2.45, 2.75) is 471 Å². The van der Waals surface area contributed by atoms with Gasteiger partial charge < -0.3 is 64.3 Å². The first-order chi connectivity index (χ1) is 54.6. The van der Waals surface area contributed by atoms with Crippen LogP contribution in [0.25, 0.3) is 20.9 Å². The minimum Gasteiger partial charge on any atom is 0 e. The van der Waals surface area contributed by atoms with E-state index in [9.17, 15) is 18.3 Å². The smallest absolute Gasteiger partial charge is 0 e. The summed E-state index contributed by atoms with van der Waals surface area (Å²) in [5, 5.41) is 34.8. The van der Waals surface area contributed by atoms with Crippen LogP contribution in [-0.2, 0) is 69.7 Å². The molecule has 0 atom stereocenters. The molecule has 0 aromatic carbocycles. The van der Waals surface area contributed by atoms with Crippen molar-refractivity contribution in [3.63, 3.8) is 0 Å². The van der Waals surface area contributed by atoms with Crippen LogP contribution in [-0.4, -0.2) is 146 Å². The number of aliphatic hydroxyl groups excluding tert-OH is 1. The van der Waals surface area contributed by atoms with Gasteiger partial charge in [-0.2, -0.15) is 29.2 Å². The van der Waals surface area contributed by atoms with Gasteiger partial charge in [0.15, 0.2) is 33.3 Å². The molecular weight excluding hydrogens is 2780 g/mol. The van der Waals surface area contributed by atoms with E-state index in [0.717, 1.165) is 70.0 Å². The molecule has 35 heteroatoms. The summed E-state index contributed by atoms with van der Waals surface area (Å²) in [5.74, 6) is 0.167. The van der Waals surface area contributed by atoms with Crippen molar-refractivity contribution in [2.75, 3.05) is 43.5 Å². The zero-order valence-electron chi connectivity index (χ0n) is 88.7. The van der Waals surface area contributed by atoms with E-state index >= 15 is 0 Å². The summed E-state index contributed by atoms with van der Waals surface area (Å²) in [7, 11) is -9.51. The van der Waals surface area contributed by atoms with Gasteiger partial charge in [-0.15, -0.1) is 13.2 Å². The molecule has 0 aliphatic rings. The molecule has 0 unspecified atom stereocenters. The van der Waals surface area contributed by atoms with Gasteiger partial charge in [-0.1, -0.05) is 265 Å². The van der Waals surface area contributed by atoms with Gasteiger partial charge in [0.1, 0.15) is 5.78 Å². The fourth-order valence-corrected chi connectivity index (χ4v) is 14.9. The van der Waals surface area contributed by atoms with Crippen LogP contribution >= 0.6 is 190 Å². The minimum absolute atomic E-state index is 0. The Hall–Kier alpha value is 6.55. The van der Waals surface area contributed by atoms with Crippen LogP contribution in [0.5, 0.6) is 0 Å². The van der Waals surface area contributed by atoms with Crippen LogP contribution in [0.2, 0.25) is 72.5 Å². The van der Waals surface area contributed by atoms with E-state index in [1.54, 1.807) is 54.5 Å². The number of alkyl halides is 4. The number of Topliss-reactive ketones (excluding diaryl/α,β-unsaturated/α-hetero) is 1. The number of hydrogen-bond donors (Lipinski definition) is 4. The number of nitrogens with two attached hydrogens (primary N) is 1. The maximum atomic E-state index is 10.9. The second-order valence-electron chi connectivity index (χ2n) is 39.5. The SMILES string of the molecule is C=CCC(C)(C)O.C=CCC(C)(C)O[Si](C)(C)C(C)(C)C.CC(C)(C)CCCN.CC(C)(CCCN=[N+]=[N-])O[Si](C)(C)C(C)(C)C.CC(C)(CCCO)O[Si](C)(C)C(C)(C)C.CC(C)(CCCOS(C)(=O)=O)O[Si](C)(C)C(C)(C)C.CC(C)(O)CCCN=[N+]=[N-].CC(C)=O.CC(C)I.CCC.CCC(I)I.CCCI.[CH2-]C.[CH2-]C.[CH2-]C.[I][V]([I])[I].[I][V][I].[V]. The normalized spacial score (nSPS) is 11.5. The summed E-state index contributed by atoms with van der Waals surface area (Å²) in [6, 6.07) is 0. The molecule has 0 amide bonds. The van der Waals surface area contributed by atoms with Crippen molar-refractivity contribution in [2.24, 2.45) is 21.4 Å². The van der Waals surface area contributed by atoms with Crippen LogP contribution in [0.4, 0.5) is 0 Å². The topological polar surface area (TPSA) is 282 Å². The van der Waals surface area contributed by atoms with Gasteiger partial charge in [0.2, 0.25) is 0 Å². The van der Waals surface area contributed by atoms with E-state index < -0.39 is 54.6 Å². The molecule has 0 bridgehead atoms. The average Bonchev–Trinajstić information content (AvgIpc) is 0.835. The fourth-order valence-electron chi connectivity index (χ4n) is 7.36. The average molecular weight is 2990 g/mol. The summed E-state index contributed by atoms with van der Waals surface area (Å²) < 4.78 is 54.8. The van der Waals surface area contributed by atoms with E-state index in [-0.39, 0.29) is 85.0 Å². The molecule has 18 nitrogen and oxygen atoms in total. The van der Waals surface area contributed by atoms with Gasteiger partial charge in [-0.05, 0) is 287 Å². The third kappa shape index (κ3) is 171. The summed E-state index contributed by atoms with van der Waals surface area (Å²) in [5.41, 5.74) is 20.2. The Morgan fingerprint density at radius 1 is 0.532 bits per heavy atom. The molecule has 0 spiro atoms. The predicted octanol–water partition coefficient (Wildman–Crippen LogP) is 36.5. The molecule has 0 rings (SSSR count). The summed E-state index contributed by atoms with van der Waals surface area (Å²) in [4.78, 5) is 14.5. The van der Waals surface area contributed by atoms with Crippen LogP contribution in [0, 0.1) is 26.2 Å². The second kappa shape index (κ2) is 98.3. The van der Waals surface area contributed by atoms with Gasteiger partial charge in [0.05, 0.1) is 48.4 Å². The molecule has 0 aliphatic carbocycles. The molecule has 0 saturated heterocycles. The largest absolute Gasteiger partial charge is 0 e. The summed E-state index contributed by atoms with van der Waals surface area (Å²) >= 11 is 21.6. The zero-order chi connectivity index (χ0) is 104. The first kappa shape index (κ1) is 173. The first-order valence-electron chi connectivity index (χ1n) is 43.0. The standard InChI is InChI=1S/C13H30O4SSi.C12H27N3OSi.C12H28O2Si.C12H26OSi.C7H17N.C6H13N3O.C6H12O.C3H6I2.2C3H7I.C3H6O.C3H8.3C2H5.5HI.3V/c1-12(2,3)19(7,8)17-13(4,5)10-9-11-16-18(6,14)15;1-11(2,3)17(6,7)16-12(4,5)9-8-10-14-15-13;1-11(2,3)15(6,7)14-12(4,5)9-8-10-13;1-9-10-12(5,6)13-14(7,8)11(2,3)4;1-7(2,3)5-4-6-8;1-6(2,10)4-3-5-8-9-7;1-4-5-6(2,3)7;1-2-3(4)5;1-3(2)4;1-2-3-4;1-3(2)4;1-3-2;3*1-2;;;;;;;;/h9-11H2,1-8H3;8-10H2,1-7H3;13H,8-10H2,1-7H3;9H,1,10H2,2-8H3;4-6,8H2,1-3H3;10H,3-5H2,1-2H3;4,7H,1,5H2,2-3H3;3H,2H2,1H3;3H,1-2H3;2-3H2,1H3;1-2H3;3H2,1-2H3;3*1H2,2H3;5*1H;;;/q;;;;;;;;;;;;3*-1;;;;;;;+2;+3/p-5. The minimum atomic E-state index is -3.33. The number of carbonyl (C=O) groups is 1. The molecule has 5 N–H and O–H groups in total. The van der Waals surface area contributed by atoms with Crippen molar-refractivity contribution in [3.8, 4) is 0 Å². The number of aliphatic hydroxyl groups is 3. The molecule has 0 aliphatic heterocycles. The number of azide groups is 2. The van der Waals surface area contributed by atoms with Gasteiger partial charge in [0, 0.05) is 52.0 Å². The molecule has 0 saturated carbocycles. The molecule has 762 valence electrons. The van der Waals surface area contributed by atoms with Crippen LogP contribution in [0.3, 0.4) is 0 Å². The molecule has 1 radical (unpaired) electrons. The maximum Gasteiger partial charge on any atom is 0 e. The van der Waals surface area contributed by atoms with Crippen LogP contribution in [0.15, 0.2) is 35.5 Å². The van der Waals surface area contributed by atoms with Crippen molar-refractivity contribution < 1.29 is 83.4 Å². The van der Waals surface area contributed by atoms with Crippen molar-refractivity contribution in [1.82, 2.24) is 0 Å². The van der Waals surface area contributed by atoms with E-state index in [1.165, 1.54) is 44.0 Å². The van der Waals surface area contributed by atoms with E-state index in [0.29, 0.717) is 47.2 Å². The molecule has 0 aromatic heterocycles. The first-order valence-corrected chi connectivity index (χ1v) is 84.3. The molecule has 0 aromatic rings. The number of halogens is 9. The zero-order valence-corrected chi connectivity index (χ0v) is 117. The summed E-state index contributed by atoms with van der Waals surface area (Å²) in [6.07, 6.45) is 19.0. The monoisotopic (exact) mass is 2980 g/mol. The predicted molar refractivity (Wildman–Crippen MR) is 638 cm³/mol. The number of carbonyl (C=O) groups excluding carboxylic acids is 1. The third-order valence-corrected chi connectivity index (χ3v) is 38.8. The van der Waals surface area contributed by atoms with Gasteiger partial charge in [-0.3, -0.25) is 4.18 Å². The Morgan fingerprint density at radius 3 is 0.911 bits per heavy atom. The Morgan fingerprint density at radius 2 is 0.758 bits per heavy atom. The van der Waals surface area contributed by atoms with Gasteiger partial charge in [0.25, 0.3) is 10.1 Å². The van der Waals surface area contributed by atoms with E-state index in [1.807, 2.05) is 6.08 Å². The fraction of sp³-hybridized carbons (Fsp3) is 0.910. The Bertz CT molecular complexity index is 2510. The number of ketones is 1. The quantitative estimate of drug-likeness (QED) is 0.00467. The Balaban J connectivity index is -0.0000000629. The molecule has 0 heterocycles. The molecular formula is C89H202I9N7O11SSi4V3-3. The third-order valence-electron chi connectivity index (χ3n) is 16.6. The maximum absolute atomic E-state index is 10.9. The number of hydrogen-bond acceptors (Lipinski definition) is 14. The van der Waals surface area contributed by atoms with Gasteiger partial charge >= 0.3 is 114 Å². The van der Waals surface area contributed by atoms with Crippen molar-refractivity contribution in [1.29, 1.82) is 0 Å². The number of rotatable bonds is 32. The van der Waals surface area contributed by atoms with E-state index in [4.69, 9.17) is 48.9 Å². The van der Waals surface area contributed by atoms with E-state index in [2.05, 4.69) is 497 Å². The Labute approximate surface area is 912 Å². The van der Waals surface area contributed by atoms with Crippen molar-refractivity contribution in [3.05, 3.63) is 67.0 Å². The van der Waals surface area contributed by atoms with Crippen LogP contribution < -0.4 is 5.73 Å². The molecule has 124 heavy (non-hydrogen) atoms. The van der Waals surface area contributed by atoms with Crippen molar-refractivity contribution >= 4 is 239 Å².